The molecule has 0 saturated carbocycles. The summed E-state index contributed by atoms with van der Waals surface area (Å²) in [5, 5.41) is 7.38. The molecule has 6 heteroatoms. The van der Waals surface area contributed by atoms with E-state index in [-0.39, 0.29) is 0 Å². The summed E-state index contributed by atoms with van der Waals surface area (Å²) in [5.41, 5.74) is 5.05. The van der Waals surface area contributed by atoms with Gasteiger partial charge in [0.15, 0.2) is 0 Å². The van der Waals surface area contributed by atoms with Gasteiger partial charge < -0.3 is 5.73 Å². The van der Waals surface area contributed by atoms with Gasteiger partial charge in [0.2, 0.25) is 4.96 Å². The first kappa shape index (κ1) is 6.29. The fourth-order valence-corrected chi connectivity index (χ4v) is 1.52. The van der Waals surface area contributed by atoms with Crippen LogP contribution in [-0.2, 0) is 0 Å². The monoisotopic (exact) mass is 168 g/mol. The minimum absolute atomic E-state index is 0.430. The van der Waals surface area contributed by atoms with Gasteiger partial charge in [-0.2, -0.15) is 0 Å². The van der Waals surface area contributed by atoms with Crippen LogP contribution < -0.4 is 5.73 Å². The van der Waals surface area contributed by atoms with Gasteiger partial charge >= 0.3 is 0 Å². The van der Waals surface area contributed by atoms with E-state index in [4.69, 9.17) is 5.73 Å². The first-order chi connectivity index (χ1) is 5.27. The highest BCUT2D eigenvalue weighted by Gasteiger charge is 2.06. The van der Waals surface area contributed by atoms with Gasteiger partial charge in [-0.25, -0.2) is 0 Å². The summed E-state index contributed by atoms with van der Waals surface area (Å²) in [4.78, 5) is 11.8. The average Bonchev–Trinajstić information content (AvgIpc) is 2.40. The Bertz CT molecular complexity index is 375. The van der Waals surface area contributed by atoms with Gasteiger partial charge in [0.05, 0.1) is 0 Å². The molecule has 2 aromatic rings. The molecule has 0 aromatic carbocycles. The number of carbonyl (C=O) groups is 1. The van der Waals surface area contributed by atoms with Crippen LogP contribution in [-0.4, -0.2) is 20.5 Å². The van der Waals surface area contributed by atoms with Crippen molar-refractivity contribution in [1.82, 2.24) is 14.6 Å². The van der Waals surface area contributed by atoms with Crippen molar-refractivity contribution >= 4 is 22.2 Å². The zero-order valence-electron chi connectivity index (χ0n) is 5.39. The SMILES string of the molecule is NC(=O)c1cn2cnnc2s1. The Labute approximate surface area is 65.5 Å². The number of aromatic nitrogens is 3. The lowest BCUT2D eigenvalue weighted by atomic mass is 10.5. The van der Waals surface area contributed by atoms with Gasteiger partial charge in [-0.1, -0.05) is 11.3 Å². The van der Waals surface area contributed by atoms with Crippen LogP contribution in [0.25, 0.3) is 4.96 Å². The molecule has 11 heavy (non-hydrogen) atoms. The van der Waals surface area contributed by atoms with Gasteiger partial charge in [-0.3, -0.25) is 9.20 Å². The number of nitrogens with zero attached hydrogens (tertiary/aromatic N) is 3. The van der Waals surface area contributed by atoms with Crippen molar-refractivity contribution in [2.75, 3.05) is 0 Å². The van der Waals surface area contributed by atoms with E-state index in [1.54, 1.807) is 10.6 Å². The summed E-state index contributed by atoms with van der Waals surface area (Å²) < 4.78 is 1.66. The van der Waals surface area contributed by atoms with Gasteiger partial charge in [0.25, 0.3) is 5.91 Å². The van der Waals surface area contributed by atoms with Crippen molar-refractivity contribution in [3.05, 3.63) is 17.4 Å². The van der Waals surface area contributed by atoms with Crippen molar-refractivity contribution in [2.45, 2.75) is 0 Å². The van der Waals surface area contributed by atoms with Gasteiger partial charge in [-0.15, -0.1) is 10.2 Å². The van der Waals surface area contributed by atoms with Crippen molar-refractivity contribution in [3.8, 4) is 0 Å². The molecule has 0 bridgehead atoms. The number of amides is 1. The van der Waals surface area contributed by atoms with Crippen LogP contribution in [0.1, 0.15) is 9.67 Å². The minimum Gasteiger partial charge on any atom is -0.365 e. The molecule has 56 valence electrons. The molecule has 2 N–H and O–H groups in total. The van der Waals surface area contributed by atoms with Crippen molar-refractivity contribution in [1.29, 1.82) is 0 Å². The second-order valence-electron chi connectivity index (χ2n) is 1.98. The zero-order valence-corrected chi connectivity index (χ0v) is 6.21. The third-order valence-electron chi connectivity index (χ3n) is 1.24. The molecule has 0 radical (unpaired) electrons. The number of hydrogen-bond acceptors (Lipinski definition) is 4. The van der Waals surface area contributed by atoms with Gasteiger partial charge in [0, 0.05) is 6.20 Å². The number of thiazole rings is 1. The molecule has 0 saturated heterocycles. The first-order valence-corrected chi connectivity index (χ1v) is 3.68. The predicted octanol–water partition coefficient (Wildman–Crippen LogP) is -0.110. The maximum absolute atomic E-state index is 10.6. The Balaban J connectivity index is 2.67. The van der Waals surface area contributed by atoms with Crippen LogP contribution in [0.4, 0.5) is 0 Å². The van der Waals surface area contributed by atoms with Crippen LogP contribution in [0.3, 0.4) is 0 Å². The van der Waals surface area contributed by atoms with E-state index in [2.05, 4.69) is 10.2 Å². The van der Waals surface area contributed by atoms with Crippen LogP contribution in [0.5, 0.6) is 0 Å². The molecule has 2 aromatic heterocycles. The minimum atomic E-state index is -0.430. The summed E-state index contributed by atoms with van der Waals surface area (Å²) in [5.74, 6) is -0.430. The summed E-state index contributed by atoms with van der Waals surface area (Å²) in [6.45, 7) is 0. The molecule has 0 fully saturated rings. The summed E-state index contributed by atoms with van der Waals surface area (Å²) >= 11 is 1.23. The lowest BCUT2D eigenvalue weighted by Crippen LogP contribution is -2.08. The van der Waals surface area contributed by atoms with Gasteiger partial charge in [0.1, 0.15) is 11.2 Å². The van der Waals surface area contributed by atoms with E-state index >= 15 is 0 Å². The van der Waals surface area contributed by atoms with E-state index in [0.717, 1.165) is 0 Å². The lowest BCUT2D eigenvalue weighted by Gasteiger charge is -1.80. The first-order valence-electron chi connectivity index (χ1n) is 2.86. The molecule has 0 aliphatic heterocycles. The summed E-state index contributed by atoms with van der Waals surface area (Å²) in [6.07, 6.45) is 3.14. The lowest BCUT2D eigenvalue weighted by molar-refractivity contribution is 0.100. The Hall–Kier alpha value is -1.43. The highest BCUT2D eigenvalue weighted by molar-refractivity contribution is 7.18. The number of rotatable bonds is 1. The maximum atomic E-state index is 10.6. The Morgan fingerprint density at radius 2 is 2.55 bits per heavy atom. The second-order valence-corrected chi connectivity index (χ2v) is 2.99. The molecule has 0 unspecified atom stereocenters. The molecule has 2 rings (SSSR count). The van der Waals surface area contributed by atoms with Crippen molar-refractivity contribution in [2.24, 2.45) is 5.73 Å². The number of nitrogens with two attached hydrogens (primary N) is 1. The number of primary amides is 1. The molecule has 0 atom stereocenters. The van der Waals surface area contributed by atoms with E-state index in [9.17, 15) is 4.79 Å². The number of carbonyl (C=O) groups excluding carboxylic acids is 1. The number of fused-ring (bicyclic) bond motifs is 1. The highest BCUT2D eigenvalue weighted by Crippen LogP contribution is 2.13. The third kappa shape index (κ3) is 0.874. The maximum Gasteiger partial charge on any atom is 0.260 e. The van der Waals surface area contributed by atoms with E-state index in [0.29, 0.717) is 9.84 Å². The van der Waals surface area contributed by atoms with E-state index in [1.165, 1.54) is 17.7 Å². The third-order valence-corrected chi connectivity index (χ3v) is 2.24. The van der Waals surface area contributed by atoms with Crippen molar-refractivity contribution in [3.63, 3.8) is 0 Å². The Morgan fingerprint density at radius 1 is 1.73 bits per heavy atom. The van der Waals surface area contributed by atoms with Crippen LogP contribution in [0.2, 0.25) is 0 Å². The fraction of sp³-hybridized carbons (Fsp3) is 0. The largest absolute Gasteiger partial charge is 0.365 e. The predicted molar refractivity (Wildman–Crippen MR) is 39.4 cm³/mol. The van der Waals surface area contributed by atoms with Crippen LogP contribution in [0, 0.1) is 0 Å². The summed E-state index contributed by atoms with van der Waals surface area (Å²) in [7, 11) is 0. The second kappa shape index (κ2) is 2.03. The van der Waals surface area contributed by atoms with E-state index in [1.807, 2.05) is 0 Å². The molecule has 0 aliphatic rings. The van der Waals surface area contributed by atoms with Crippen LogP contribution >= 0.6 is 11.3 Å². The molecular formula is C5H4N4OS. The fourth-order valence-electron chi connectivity index (χ4n) is 0.758. The standard InChI is InChI=1S/C5H4N4OS/c6-4(10)3-1-9-2-7-8-5(9)11-3/h1-2H,(H2,6,10). The van der Waals surface area contributed by atoms with E-state index < -0.39 is 5.91 Å². The Kier molecular flexibility index (Phi) is 1.16. The molecular weight excluding hydrogens is 164 g/mol. The average molecular weight is 168 g/mol. The molecule has 2 heterocycles. The highest BCUT2D eigenvalue weighted by atomic mass is 32.1. The summed E-state index contributed by atoms with van der Waals surface area (Å²) in [6, 6.07) is 0. The topological polar surface area (TPSA) is 73.3 Å². The Morgan fingerprint density at radius 3 is 3.18 bits per heavy atom. The quantitative estimate of drug-likeness (QED) is 0.645. The smallest absolute Gasteiger partial charge is 0.260 e. The normalized spacial score (nSPS) is 10.5. The zero-order chi connectivity index (χ0) is 7.84. The van der Waals surface area contributed by atoms with Gasteiger partial charge in [-0.05, 0) is 0 Å². The van der Waals surface area contributed by atoms with Crippen LogP contribution in [0.15, 0.2) is 12.5 Å². The molecule has 0 aliphatic carbocycles. The molecule has 0 spiro atoms. The molecule has 5 nitrogen and oxygen atoms in total. The number of hydrogen-bond donors (Lipinski definition) is 1. The van der Waals surface area contributed by atoms with Crippen molar-refractivity contribution < 1.29 is 4.79 Å². The molecule has 1 amide bonds.